The zero-order valence-corrected chi connectivity index (χ0v) is 24.0. The predicted octanol–water partition coefficient (Wildman–Crippen LogP) is 1.40. The van der Waals surface area contributed by atoms with Gasteiger partial charge in [0.05, 0.1) is 18.4 Å². The van der Waals surface area contributed by atoms with Gasteiger partial charge >= 0.3 is 5.97 Å². The maximum absolute atomic E-state index is 12.6. The molecule has 2 heterocycles. The topological polar surface area (TPSA) is 214 Å². The highest BCUT2D eigenvalue weighted by Gasteiger charge is 2.21. The highest BCUT2D eigenvalue weighted by atomic mass is 33.1. The van der Waals surface area contributed by atoms with E-state index in [0.717, 1.165) is 24.5 Å². The number of methoxy groups -OCH3 is 1. The Morgan fingerprint density at radius 1 is 1.15 bits per heavy atom. The van der Waals surface area contributed by atoms with Gasteiger partial charge in [-0.15, -0.1) is 0 Å². The van der Waals surface area contributed by atoms with E-state index in [4.69, 9.17) is 10.5 Å². The van der Waals surface area contributed by atoms with E-state index in [9.17, 15) is 24.3 Å². The van der Waals surface area contributed by atoms with Gasteiger partial charge < -0.3 is 31.5 Å². The fraction of sp³-hybridized carbons (Fsp3) is 0.400. The number of rotatable bonds is 17. The van der Waals surface area contributed by atoms with Crippen molar-refractivity contribution >= 4 is 62.2 Å². The van der Waals surface area contributed by atoms with E-state index in [0.29, 0.717) is 17.9 Å². The maximum atomic E-state index is 12.6. The quantitative estimate of drug-likeness (QED) is 0.0950. The van der Waals surface area contributed by atoms with Gasteiger partial charge in [-0.05, 0) is 37.1 Å². The van der Waals surface area contributed by atoms with Gasteiger partial charge in [-0.1, -0.05) is 21.6 Å². The second kappa shape index (κ2) is 16.4. The molecular weight excluding hydrogens is 572 g/mol. The summed E-state index contributed by atoms with van der Waals surface area (Å²) < 4.78 is 4.99. The Bertz CT molecular complexity index is 1390. The molecule has 220 valence electrons. The molecule has 0 spiro atoms. The van der Waals surface area contributed by atoms with Crippen molar-refractivity contribution in [1.29, 1.82) is 0 Å². The van der Waals surface area contributed by atoms with E-state index in [-0.39, 0.29) is 48.0 Å². The maximum Gasteiger partial charge on any atom is 0.326 e. The molecule has 0 saturated carbocycles. The Morgan fingerprint density at radius 2 is 1.90 bits per heavy atom. The van der Waals surface area contributed by atoms with Crippen LogP contribution in [-0.2, 0) is 20.9 Å². The molecule has 1 unspecified atom stereocenters. The fourth-order valence-corrected chi connectivity index (χ4v) is 5.43. The smallest absolute Gasteiger partial charge is 0.326 e. The molecule has 16 heteroatoms. The van der Waals surface area contributed by atoms with Crippen molar-refractivity contribution in [3.05, 3.63) is 52.1 Å². The second-order valence-electron chi connectivity index (χ2n) is 8.66. The molecule has 7 N–H and O–H groups in total. The molecule has 0 saturated heterocycles. The summed E-state index contributed by atoms with van der Waals surface area (Å²) in [5.41, 5.74) is 6.63. The van der Waals surface area contributed by atoms with Crippen molar-refractivity contribution in [1.82, 2.24) is 30.6 Å². The molecule has 3 aromatic rings. The number of nitrogen functional groups attached to an aromatic ring is 1. The van der Waals surface area contributed by atoms with Gasteiger partial charge in [-0.2, -0.15) is 4.98 Å². The summed E-state index contributed by atoms with van der Waals surface area (Å²) in [5.74, 6) is -0.415. The molecule has 2 aromatic heterocycles. The summed E-state index contributed by atoms with van der Waals surface area (Å²) in [6.45, 7) is 1.44. The number of carbonyl (C=O) groups is 3. The van der Waals surface area contributed by atoms with Gasteiger partial charge in [0.25, 0.3) is 11.5 Å². The molecule has 0 bridgehead atoms. The van der Waals surface area contributed by atoms with E-state index in [1.165, 1.54) is 18.3 Å². The molecule has 0 fully saturated rings. The number of nitrogens with zero attached hydrogens (tertiary/aromatic N) is 3. The highest BCUT2D eigenvalue weighted by Crippen LogP contribution is 2.21. The van der Waals surface area contributed by atoms with Gasteiger partial charge in [0.2, 0.25) is 11.9 Å². The number of carboxylic acid groups (broad SMARTS) is 1. The number of nitrogens with one attached hydrogen (secondary N) is 4. The van der Waals surface area contributed by atoms with Crippen LogP contribution in [0.1, 0.15) is 35.3 Å². The van der Waals surface area contributed by atoms with Crippen LogP contribution in [0, 0.1) is 0 Å². The van der Waals surface area contributed by atoms with Crippen molar-refractivity contribution in [2.24, 2.45) is 0 Å². The standard InChI is InChI=1S/C25H32N8O6S2/c1-39-10-2-11-40-41-12-9-27-19(34)8-7-18(24(37)38)31-22(35)15-3-5-16(6-4-15)28-13-17-14-29-21-20(30-17)23(36)33-25(26)32-21/h3-6,14,18,28H,2,7-13H2,1H3,(H,27,34)(H,31,35)(H,37,38)(H3,26,29,32,33,36). The van der Waals surface area contributed by atoms with Crippen LogP contribution in [0.4, 0.5) is 11.6 Å². The summed E-state index contributed by atoms with van der Waals surface area (Å²) in [6, 6.07) is 5.16. The van der Waals surface area contributed by atoms with Gasteiger partial charge in [0.15, 0.2) is 11.2 Å². The Labute approximate surface area is 243 Å². The zero-order chi connectivity index (χ0) is 29.6. The lowest BCUT2D eigenvalue weighted by Crippen LogP contribution is -2.41. The van der Waals surface area contributed by atoms with Crippen LogP contribution in [0.15, 0.2) is 35.3 Å². The summed E-state index contributed by atoms with van der Waals surface area (Å²) in [6.07, 6.45) is 2.37. The first-order valence-electron chi connectivity index (χ1n) is 12.7. The first-order valence-corrected chi connectivity index (χ1v) is 15.1. The SMILES string of the molecule is COCCCSSCCNC(=O)CCC(NC(=O)c1ccc(NCc2cnc3nc(N)[nH]c(=O)c3n2)cc1)C(=O)O. The van der Waals surface area contributed by atoms with Crippen LogP contribution in [-0.4, -0.2) is 80.6 Å². The summed E-state index contributed by atoms with van der Waals surface area (Å²) in [4.78, 5) is 63.1. The molecule has 1 atom stereocenters. The number of hydrogen-bond donors (Lipinski definition) is 6. The number of ether oxygens (including phenoxy) is 1. The second-order valence-corrected chi connectivity index (χ2v) is 11.4. The molecule has 1 aromatic carbocycles. The Kier molecular flexibility index (Phi) is 12.6. The molecular formula is C25H32N8O6S2. The first kappa shape index (κ1) is 31.6. The Balaban J connectivity index is 1.42. The molecule has 14 nitrogen and oxygen atoms in total. The van der Waals surface area contributed by atoms with E-state index in [1.54, 1.807) is 40.8 Å². The monoisotopic (exact) mass is 604 g/mol. The average Bonchev–Trinajstić information content (AvgIpc) is 2.95. The minimum absolute atomic E-state index is 0.0290. The predicted molar refractivity (Wildman–Crippen MR) is 159 cm³/mol. The molecule has 0 radical (unpaired) electrons. The van der Waals surface area contributed by atoms with Crippen molar-refractivity contribution < 1.29 is 24.2 Å². The lowest BCUT2D eigenvalue weighted by molar-refractivity contribution is -0.139. The van der Waals surface area contributed by atoms with E-state index in [2.05, 4.69) is 35.9 Å². The van der Waals surface area contributed by atoms with Gasteiger partial charge in [0.1, 0.15) is 6.04 Å². The fourth-order valence-electron chi connectivity index (χ4n) is 3.46. The number of H-pyrrole nitrogens is 1. The van der Waals surface area contributed by atoms with Crippen molar-refractivity contribution in [2.75, 3.05) is 42.8 Å². The zero-order valence-electron chi connectivity index (χ0n) is 22.3. The number of nitrogens with two attached hydrogens (primary N) is 1. The summed E-state index contributed by atoms with van der Waals surface area (Å²) in [7, 11) is 5.02. The molecule has 0 aliphatic heterocycles. The lowest BCUT2D eigenvalue weighted by atomic mass is 10.1. The van der Waals surface area contributed by atoms with Crippen molar-refractivity contribution in [3.8, 4) is 0 Å². The number of aromatic nitrogens is 4. The number of hydrogen-bond acceptors (Lipinski definition) is 12. The number of carboxylic acids is 1. The average molecular weight is 605 g/mol. The molecule has 41 heavy (non-hydrogen) atoms. The van der Waals surface area contributed by atoms with Crippen LogP contribution < -0.4 is 27.2 Å². The lowest BCUT2D eigenvalue weighted by Gasteiger charge is -2.15. The largest absolute Gasteiger partial charge is 0.480 e. The Morgan fingerprint density at radius 3 is 2.63 bits per heavy atom. The molecule has 2 amide bonds. The van der Waals surface area contributed by atoms with E-state index >= 15 is 0 Å². The van der Waals surface area contributed by atoms with Crippen LogP contribution in [0.3, 0.4) is 0 Å². The minimum atomic E-state index is -1.22. The van der Waals surface area contributed by atoms with Gasteiger partial charge in [-0.3, -0.25) is 19.4 Å². The molecule has 3 rings (SSSR count). The minimum Gasteiger partial charge on any atom is -0.480 e. The van der Waals surface area contributed by atoms with Crippen LogP contribution in [0.5, 0.6) is 0 Å². The summed E-state index contributed by atoms with van der Waals surface area (Å²) >= 11 is 0. The number of aliphatic carboxylic acids is 1. The summed E-state index contributed by atoms with van der Waals surface area (Å²) in [5, 5.41) is 17.9. The van der Waals surface area contributed by atoms with E-state index < -0.39 is 23.5 Å². The number of amides is 2. The number of carbonyl (C=O) groups excluding carboxylic acids is 2. The van der Waals surface area contributed by atoms with Crippen molar-refractivity contribution in [3.63, 3.8) is 0 Å². The first-order chi connectivity index (χ1) is 19.8. The van der Waals surface area contributed by atoms with Crippen LogP contribution in [0.25, 0.3) is 11.2 Å². The highest BCUT2D eigenvalue weighted by molar-refractivity contribution is 8.76. The third-order valence-electron chi connectivity index (χ3n) is 5.54. The van der Waals surface area contributed by atoms with Gasteiger partial charge in [0, 0.05) is 49.4 Å². The number of benzene rings is 1. The number of fused-ring (bicyclic) bond motifs is 1. The third kappa shape index (κ3) is 10.5. The molecule has 0 aliphatic rings. The van der Waals surface area contributed by atoms with Crippen molar-refractivity contribution in [2.45, 2.75) is 31.8 Å². The molecule has 0 aliphatic carbocycles. The number of aromatic amines is 1. The van der Waals surface area contributed by atoms with E-state index in [1.807, 2.05) is 0 Å². The third-order valence-corrected chi connectivity index (χ3v) is 8.03. The van der Waals surface area contributed by atoms with Crippen LogP contribution in [0.2, 0.25) is 0 Å². The van der Waals surface area contributed by atoms with Gasteiger partial charge in [-0.25, -0.2) is 14.8 Å². The Hall–Kier alpha value is -3.89. The van der Waals surface area contributed by atoms with Crippen LogP contribution >= 0.6 is 21.6 Å². The normalized spacial score (nSPS) is 11.6. The number of anilines is 2.